The molecule has 2 aromatic rings. The summed E-state index contributed by atoms with van der Waals surface area (Å²) in [5.41, 5.74) is 1.93. The number of sulfonamides is 1. The summed E-state index contributed by atoms with van der Waals surface area (Å²) in [6, 6.07) is 15.2. The predicted molar refractivity (Wildman–Crippen MR) is 118 cm³/mol. The monoisotopic (exact) mass is 427 g/mol. The van der Waals surface area contributed by atoms with Crippen LogP contribution in [-0.4, -0.2) is 45.4 Å². The normalized spacial score (nSPS) is 18.3. The van der Waals surface area contributed by atoms with Crippen molar-refractivity contribution in [1.82, 2.24) is 10.2 Å². The summed E-state index contributed by atoms with van der Waals surface area (Å²) in [5, 5.41) is 3.14. The first-order chi connectivity index (χ1) is 14.6. The molecule has 30 heavy (non-hydrogen) atoms. The highest BCUT2D eigenvalue weighted by molar-refractivity contribution is 7.90. The maximum absolute atomic E-state index is 12.1. The highest BCUT2D eigenvalue weighted by Gasteiger charge is 2.27. The Morgan fingerprint density at radius 3 is 2.63 bits per heavy atom. The fourth-order valence-electron chi connectivity index (χ4n) is 3.99. The molecule has 1 N–H and O–H groups in total. The van der Waals surface area contributed by atoms with Crippen LogP contribution in [0.15, 0.2) is 57.8 Å². The van der Waals surface area contributed by atoms with Crippen LogP contribution < -0.4 is 10.1 Å². The third-order valence-electron chi connectivity index (χ3n) is 5.52. The Bertz CT molecular complexity index is 996. The molecule has 6 nitrogen and oxygen atoms in total. The first kappa shape index (κ1) is 20.9. The lowest BCUT2D eigenvalue weighted by atomic mass is 10.2. The minimum absolute atomic E-state index is 0.268. The summed E-state index contributed by atoms with van der Waals surface area (Å²) in [6.45, 7) is 4.49. The average Bonchev–Trinajstić information content (AvgIpc) is 2.89. The number of likely N-dealkylation sites (tertiary alicyclic amines) is 1. The Kier molecular flexibility index (Phi) is 6.69. The molecule has 2 aromatic carbocycles. The second-order valence-electron chi connectivity index (χ2n) is 7.88. The predicted octanol–water partition coefficient (Wildman–Crippen LogP) is 3.57. The Labute approximate surface area is 179 Å². The van der Waals surface area contributed by atoms with Gasteiger partial charge in [0, 0.05) is 18.7 Å². The van der Waals surface area contributed by atoms with E-state index in [9.17, 15) is 8.42 Å². The zero-order valence-electron chi connectivity index (χ0n) is 17.2. The molecule has 4 rings (SSSR count). The zero-order chi connectivity index (χ0) is 20.8. The lowest BCUT2D eigenvalue weighted by Gasteiger charge is -2.20. The largest absolute Gasteiger partial charge is 0.494 e. The fraction of sp³-hybridized carbons (Fsp3) is 0.435. The van der Waals surface area contributed by atoms with Gasteiger partial charge in [-0.05, 0) is 62.2 Å². The van der Waals surface area contributed by atoms with E-state index in [0.29, 0.717) is 24.6 Å². The van der Waals surface area contributed by atoms with Crippen LogP contribution in [-0.2, 0) is 16.6 Å². The van der Waals surface area contributed by atoms with E-state index in [1.807, 2.05) is 12.1 Å². The summed E-state index contributed by atoms with van der Waals surface area (Å²) < 4.78 is 33.9. The number of benzene rings is 2. The van der Waals surface area contributed by atoms with Crippen LogP contribution in [0, 0.1) is 0 Å². The molecule has 0 radical (unpaired) electrons. The number of nitrogens with one attached hydrogen (secondary N) is 1. The number of hydrogen-bond donors (Lipinski definition) is 1. The maximum atomic E-state index is 12.1. The van der Waals surface area contributed by atoms with Gasteiger partial charge in [0.05, 0.1) is 6.61 Å². The summed E-state index contributed by atoms with van der Waals surface area (Å²) >= 11 is 0. The van der Waals surface area contributed by atoms with Crippen LogP contribution in [0.4, 0.5) is 0 Å². The van der Waals surface area contributed by atoms with Gasteiger partial charge in [-0.25, -0.2) is 0 Å². The first-order valence-corrected chi connectivity index (χ1v) is 12.2. The second kappa shape index (κ2) is 9.62. The average molecular weight is 428 g/mol. The van der Waals surface area contributed by atoms with E-state index in [2.05, 4.69) is 32.8 Å². The molecule has 2 heterocycles. The van der Waals surface area contributed by atoms with Gasteiger partial charge in [-0.1, -0.05) is 37.1 Å². The SMILES string of the molecule is O=S1(=O)N=C(NCCCOc2cccc(CN3CCCCCC3)c2)c2ccccc21. The van der Waals surface area contributed by atoms with Gasteiger partial charge < -0.3 is 10.1 Å². The van der Waals surface area contributed by atoms with Crippen molar-refractivity contribution in [3.63, 3.8) is 0 Å². The number of ether oxygens (including phenoxy) is 1. The van der Waals surface area contributed by atoms with E-state index in [0.717, 1.165) is 18.7 Å². The van der Waals surface area contributed by atoms with Crippen LogP contribution >= 0.6 is 0 Å². The van der Waals surface area contributed by atoms with Gasteiger partial charge in [0.15, 0.2) is 0 Å². The van der Waals surface area contributed by atoms with Crippen molar-refractivity contribution in [2.45, 2.75) is 43.5 Å². The lowest BCUT2D eigenvalue weighted by Crippen LogP contribution is -2.25. The fourth-order valence-corrected chi connectivity index (χ4v) is 5.18. The number of amidine groups is 1. The van der Waals surface area contributed by atoms with Crippen molar-refractivity contribution >= 4 is 15.9 Å². The standard InChI is InChI=1S/C23H29N3O3S/c27-30(28)22-12-4-3-11-21(22)23(25-30)24-13-8-16-29-20-10-7-9-19(17-20)18-26-14-5-1-2-6-15-26/h3-4,7,9-12,17H,1-2,5-6,8,13-16,18H2,(H,24,25). The number of rotatable bonds is 7. The lowest BCUT2D eigenvalue weighted by molar-refractivity contribution is 0.275. The molecule has 0 unspecified atom stereocenters. The van der Waals surface area contributed by atoms with Gasteiger partial charge >= 0.3 is 0 Å². The molecule has 1 saturated heterocycles. The summed E-state index contributed by atoms with van der Waals surface area (Å²) in [5.74, 6) is 1.30. The minimum Gasteiger partial charge on any atom is -0.494 e. The topological polar surface area (TPSA) is 71.0 Å². The molecule has 7 heteroatoms. The number of fused-ring (bicyclic) bond motifs is 1. The van der Waals surface area contributed by atoms with Gasteiger partial charge in [0.1, 0.15) is 16.5 Å². The van der Waals surface area contributed by atoms with Crippen molar-refractivity contribution in [1.29, 1.82) is 0 Å². The quantitative estimate of drug-likeness (QED) is 0.684. The van der Waals surface area contributed by atoms with Crippen LogP contribution in [0.2, 0.25) is 0 Å². The minimum atomic E-state index is -3.57. The molecule has 0 atom stereocenters. The Hall–Kier alpha value is -2.38. The van der Waals surface area contributed by atoms with Gasteiger partial charge in [0.25, 0.3) is 10.0 Å². The zero-order valence-corrected chi connectivity index (χ0v) is 18.0. The molecule has 0 aromatic heterocycles. The first-order valence-electron chi connectivity index (χ1n) is 10.7. The molecule has 2 aliphatic heterocycles. The Morgan fingerprint density at radius 1 is 1.00 bits per heavy atom. The molecule has 0 saturated carbocycles. The molecule has 2 aliphatic rings. The Morgan fingerprint density at radius 2 is 1.80 bits per heavy atom. The summed E-state index contributed by atoms with van der Waals surface area (Å²) in [4.78, 5) is 2.80. The van der Waals surface area contributed by atoms with E-state index in [1.165, 1.54) is 44.3 Å². The molecule has 0 amide bonds. The molecule has 0 spiro atoms. The van der Waals surface area contributed by atoms with Crippen LogP contribution in [0.25, 0.3) is 0 Å². The molecular formula is C23H29N3O3S. The van der Waals surface area contributed by atoms with Gasteiger partial charge in [-0.3, -0.25) is 4.90 Å². The maximum Gasteiger partial charge on any atom is 0.285 e. The van der Waals surface area contributed by atoms with Crippen molar-refractivity contribution in [2.75, 3.05) is 26.2 Å². The van der Waals surface area contributed by atoms with Crippen molar-refractivity contribution in [3.05, 3.63) is 59.7 Å². The van der Waals surface area contributed by atoms with E-state index >= 15 is 0 Å². The highest BCUT2D eigenvalue weighted by atomic mass is 32.2. The molecular weight excluding hydrogens is 398 g/mol. The van der Waals surface area contributed by atoms with Crippen LogP contribution in [0.3, 0.4) is 0 Å². The van der Waals surface area contributed by atoms with Crippen LogP contribution in [0.5, 0.6) is 5.75 Å². The van der Waals surface area contributed by atoms with Gasteiger partial charge in [-0.15, -0.1) is 4.40 Å². The molecule has 0 aliphatic carbocycles. The van der Waals surface area contributed by atoms with E-state index < -0.39 is 10.0 Å². The number of hydrogen-bond acceptors (Lipinski definition) is 5. The molecule has 0 bridgehead atoms. The molecule has 160 valence electrons. The summed E-state index contributed by atoms with van der Waals surface area (Å²) in [7, 11) is -3.57. The van der Waals surface area contributed by atoms with E-state index in [1.54, 1.807) is 18.2 Å². The number of nitrogens with zero attached hydrogens (tertiary/aromatic N) is 2. The second-order valence-corrected chi connectivity index (χ2v) is 9.45. The van der Waals surface area contributed by atoms with Crippen molar-refractivity contribution in [3.8, 4) is 5.75 Å². The third-order valence-corrected chi connectivity index (χ3v) is 6.85. The Balaban J connectivity index is 1.24. The van der Waals surface area contributed by atoms with Crippen molar-refractivity contribution < 1.29 is 13.2 Å². The van der Waals surface area contributed by atoms with E-state index in [-0.39, 0.29) is 4.90 Å². The third kappa shape index (κ3) is 5.21. The van der Waals surface area contributed by atoms with Gasteiger partial charge in [0.2, 0.25) is 0 Å². The highest BCUT2D eigenvalue weighted by Crippen LogP contribution is 2.24. The van der Waals surface area contributed by atoms with Crippen LogP contribution in [0.1, 0.15) is 43.2 Å². The van der Waals surface area contributed by atoms with E-state index in [4.69, 9.17) is 4.74 Å². The van der Waals surface area contributed by atoms with Gasteiger partial charge in [-0.2, -0.15) is 8.42 Å². The van der Waals surface area contributed by atoms with Crippen molar-refractivity contribution in [2.24, 2.45) is 4.40 Å². The smallest absolute Gasteiger partial charge is 0.285 e. The summed E-state index contributed by atoms with van der Waals surface area (Å²) in [6.07, 6.45) is 6.02. The molecule has 1 fully saturated rings.